The second kappa shape index (κ2) is 2.80. The molecule has 5 amide bonds. The fraction of sp³-hybridized carbons (Fsp3) is 0.500. The van der Waals surface area contributed by atoms with Crippen LogP contribution in [0, 0.1) is 0 Å². The van der Waals surface area contributed by atoms with Gasteiger partial charge in [0.15, 0.2) is 0 Å². The minimum atomic E-state index is -0.616. The highest BCUT2D eigenvalue weighted by atomic mass is 16.2. The highest BCUT2D eigenvalue weighted by molar-refractivity contribution is 6.05. The molecule has 66 valence electrons. The molecule has 1 aliphatic rings. The molecule has 0 atom stereocenters. The summed E-state index contributed by atoms with van der Waals surface area (Å²) in [6, 6.07) is -1.17. The van der Waals surface area contributed by atoms with Crippen LogP contribution in [0.2, 0.25) is 0 Å². The predicted octanol–water partition coefficient (Wildman–Crippen LogP) is -0.780. The Bertz CT molecular complexity index is 226. The minimum Gasteiger partial charge on any atom is -0.328 e. The van der Waals surface area contributed by atoms with Gasteiger partial charge in [0, 0.05) is 14.1 Å². The Balaban J connectivity index is 2.90. The third kappa shape index (κ3) is 1.23. The monoisotopic (exact) mass is 171 g/mol. The van der Waals surface area contributed by atoms with Crippen LogP contribution in [0.3, 0.4) is 0 Å². The quantitative estimate of drug-likeness (QED) is 0.519. The molecule has 0 aromatic carbocycles. The van der Waals surface area contributed by atoms with E-state index in [0.717, 1.165) is 9.80 Å². The number of likely N-dealkylation sites (N-methyl/N-ethyl adjacent to an activating group) is 1. The van der Waals surface area contributed by atoms with E-state index in [1.54, 1.807) is 0 Å². The smallest absolute Gasteiger partial charge is 0.328 e. The van der Waals surface area contributed by atoms with Crippen LogP contribution in [0.5, 0.6) is 0 Å². The molecule has 1 N–H and O–H groups in total. The predicted molar refractivity (Wildman–Crippen MR) is 39.3 cm³/mol. The number of amides is 5. The molecule has 6 nitrogen and oxygen atoms in total. The summed E-state index contributed by atoms with van der Waals surface area (Å²) in [6.45, 7) is -0.134. The zero-order valence-corrected chi connectivity index (χ0v) is 6.83. The molecule has 0 saturated carbocycles. The number of carbonyl (C=O) groups is 3. The third-order valence-electron chi connectivity index (χ3n) is 1.64. The number of carbonyl (C=O) groups excluding carboxylic acids is 3. The van der Waals surface area contributed by atoms with Gasteiger partial charge in [-0.15, -0.1) is 0 Å². The van der Waals surface area contributed by atoms with E-state index in [0.29, 0.717) is 0 Å². The maximum absolute atomic E-state index is 11.1. The van der Waals surface area contributed by atoms with E-state index < -0.39 is 18.0 Å². The van der Waals surface area contributed by atoms with Crippen molar-refractivity contribution in [2.24, 2.45) is 0 Å². The minimum absolute atomic E-state index is 0.134. The maximum atomic E-state index is 11.1. The second-order valence-electron chi connectivity index (χ2n) is 2.45. The summed E-state index contributed by atoms with van der Waals surface area (Å²) in [5.41, 5.74) is 0. The van der Waals surface area contributed by atoms with Crippen LogP contribution < -0.4 is 5.32 Å². The molecule has 0 aliphatic carbocycles. The van der Waals surface area contributed by atoms with Crippen LogP contribution in [-0.2, 0) is 4.79 Å². The topological polar surface area (TPSA) is 69.7 Å². The molecular weight excluding hydrogens is 162 g/mol. The van der Waals surface area contributed by atoms with Gasteiger partial charge in [0.2, 0.25) is 5.91 Å². The second-order valence-corrected chi connectivity index (χ2v) is 2.45. The molecule has 0 aromatic heterocycles. The van der Waals surface area contributed by atoms with Gasteiger partial charge >= 0.3 is 12.1 Å². The Morgan fingerprint density at radius 3 is 2.33 bits per heavy atom. The molecule has 1 fully saturated rings. The Hall–Kier alpha value is -1.59. The van der Waals surface area contributed by atoms with E-state index in [4.69, 9.17) is 0 Å². The molecule has 6 heteroatoms. The fourth-order valence-electron chi connectivity index (χ4n) is 0.807. The van der Waals surface area contributed by atoms with Gasteiger partial charge in [-0.2, -0.15) is 0 Å². The van der Waals surface area contributed by atoms with Gasteiger partial charge in [0.1, 0.15) is 0 Å². The first-order valence-corrected chi connectivity index (χ1v) is 3.36. The lowest BCUT2D eigenvalue weighted by Gasteiger charge is -2.15. The van der Waals surface area contributed by atoms with Crippen LogP contribution >= 0.6 is 0 Å². The zero-order chi connectivity index (χ0) is 9.30. The average molecular weight is 171 g/mol. The average Bonchev–Trinajstić information content (AvgIpc) is 2.14. The number of hydrogen-bond acceptors (Lipinski definition) is 3. The van der Waals surface area contributed by atoms with Gasteiger partial charge in [-0.05, 0) is 0 Å². The highest BCUT2D eigenvalue weighted by Gasteiger charge is 2.28. The lowest BCUT2D eigenvalue weighted by molar-refractivity contribution is -0.125. The molecule has 1 rings (SSSR count). The summed E-state index contributed by atoms with van der Waals surface area (Å²) in [5.74, 6) is -0.419. The standard InChI is InChI=1S/C6H9N3O3/c1-8-4(10)3-7-5(11)9(2)6(8)12/h3H2,1-2H3,(H,7,11). The first-order chi connectivity index (χ1) is 5.54. The van der Waals surface area contributed by atoms with E-state index in [1.165, 1.54) is 14.1 Å². The lowest BCUT2D eigenvalue weighted by Crippen LogP contribution is -2.42. The third-order valence-corrected chi connectivity index (χ3v) is 1.64. The molecule has 0 radical (unpaired) electrons. The lowest BCUT2D eigenvalue weighted by atomic mass is 10.5. The van der Waals surface area contributed by atoms with Crippen LogP contribution in [0.4, 0.5) is 9.59 Å². The largest absolute Gasteiger partial charge is 0.334 e. The van der Waals surface area contributed by atoms with E-state index in [9.17, 15) is 14.4 Å². The summed E-state index contributed by atoms with van der Waals surface area (Å²) in [4.78, 5) is 34.8. The number of imide groups is 2. The van der Waals surface area contributed by atoms with Crippen LogP contribution in [-0.4, -0.2) is 48.4 Å². The number of urea groups is 2. The summed E-state index contributed by atoms with van der Waals surface area (Å²) in [6.07, 6.45) is 0. The van der Waals surface area contributed by atoms with E-state index in [-0.39, 0.29) is 6.54 Å². The van der Waals surface area contributed by atoms with Gasteiger partial charge in [0.25, 0.3) is 0 Å². The van der Waals surface area contributed by atoms with Crippen molar-refractivity contribution in [1.29, 1.82) is 0 Å². The van der Waals surface area contributed by atoms with Crippen molar-refractivity contribution < 1.29 is 14.4 Å². The zero-order valence-electron chi connectivity index (χ0n) is 6.83. The van der Waals surface area contributed by atoms with Crippen molar-refractivity contribution in [2.75, 3.05) is 20.6 Å². The van der Waals surface area contributed by atoms with E-state index in [1.807, 2.05) is 0 Å². The van der Waals surface area contributed by atoms with Crippen molar-refractivity contribution in [3.63, 3.8) is 0 Å². The Morgan fingerprint density at radius 2 is 1.75 bits per heavy atom. The fourth-order valence-corrected chi connectivity index (χ4v) is 0.807. The normalized spacial score (nSPS) is 19.3. The number of hydrogen-bond donors (Lipinski definition) is 1. The van der Waals surface area contributed by atoms with Gasteiger partial charge in [0.05, 0.1) is 6.54 Å². The molecule has 0 bridgehead atoms. The molecule has 12 heavy (non-hydrogen) atoms. The summed E-state index contributed by atoms with van der Waals surface area (Å²) in [5, 5.41) is 2.28. The van der Waals surface area contributed by atoms with Crippen molar-refractivity contribution in [3.05, 3.63) is 0 Å². The number of rotatable bonds is 0. The number of nitrogens with one attached hydrogen (secondary N) is 1. The first-order valence-electron chi connectivity index (χ1n) is 3.36. The van der Waals surface area contributed by atoms with Gasteiger partial charge in [-0.3, -0.25) is 9.69 Å². The Labute approximate surface area is 69.1 Å². The SMILES string of the molecule is CN1C(=O)CNC(=O)N(C)C1=O. The molecular formula is C6H9N3O3. The molecule has 1 heterocycles. The van der Waals surface area contributed by atoms with Crippen LogP contribution in [0.1, 0.15) is 0 Å². The number of nitrogens with zero attached hydrogens (tertiary/aromatic N) is 2. The molecule has 0 spiro atoms. The van der Waals surface area contributed by atoms with Crippen molar-refractivity contribution in [3.8, 4) is 0 Å². The molecule has 1 saturated heterocycles. The maximum Gasteiger partial charge on any atom is 0.334 e. The van der Waals surface area contributed by atoms with Crippen LogP contribution in [0.15, 0.2) is 0 Å². The van der Waals surface area contributed by atoms with Gasteiger partial charge < -0.3 is 5.32 Å². The molecule has 1 aliphatic heterocycles. The van der Waals surface area contributed by atoms with Crippen molar-refractivity contribution in [1.82, 2.24) is 15.1 Å². The summed E-state index contributed by atoms with van der Waals surface area (Å²) < 4.78 is 0. The van der Waals surface area contributed by atoms with E-state index >= 15 is 0 Å². The van der Waals surface area contributed by atoms with Crippen molar-refractivity contribution >= 4 is 18.0 Å². The van der Waals surface area contributed by atoms with Crippen molar-refractivity contribution in [2.45, 2.75) is 0 Å². The Kier molecular flexibility index (Phi) is 1.99. The molecule has 0 unspecified atom stereocenters. The highest BCUT2D eigenvalue weighted by Crippen LogP contribution is 1.98. The summed E-state index contributed by atoms with van der Waals surface area (Å²) >= 11 is 0. The van der Waals surface area contributed by atoms with E-state index in [2.05, 4.69) is 5.32 Å². The first kappa shape index (κ1) is 8.51. The van der Waals surface area contributed by atoms with Gasteiger partial charge in [-0.25, -0.2) is 14.5 Å². The van der Waals surface area contributed by atoms with Crippen LogP contribution in [0.25, 0.3) is 0 Å². The molecule has 0 aromatic rings. The van der Waals surface area contributed by atoms with Gasteiger partial charge in [-0.1, -0.05) is 0 Å². The summed E-state index contributed by atoms with van der Waals surface area (Å²) in [7, 11) is 2.65. The Morgan fingerprint density at radius 1 is 1.17 bits per heavy atom.